The fourth-order valence-corrected chi connectivity index (χ4v) is 4.86. The minimum Gasteiger partial charge on any atom is -0.497 e. The van der Waals surface area contributed by atoms with E-state index in [4.69, 9.17) is 4.74 Å². The molecule has 0 unspecified atom stereocenters. The minimum absolute atomic E-state index is 0.143. The number of hydrogen-bond donors (Lipinski definition) is 2. The van der Waals surface area contributed by atoms with Crippen LogP contribution in [0.25, 0.3) is 0 Å². The molecule has 0 radical (unpaired) electrons. The van der Waals surface area contributed by atoms with Crippen LogP contribution in [0, 0.1) is 5.82 Å². The Morgan fingerprint density at radius 3 is 2.34 bits per heavy atom. The molecule has 1 aliphatic heterocycles. The molecule has 2 aromatic carbocycles. The number of methoxy groups -OCH3 is 1. The topological polar surface area (TPSA) is 80.2 Å². The highest BCUT2D eigenvalue weighted by Gasteiger charge is 2.35. The second kappa shape index (κ2) is 8.89. The zero-order chi connectivity index (χ0) is 21.0. The summed E-state index contributed by atoms with van der Waals surface area (Å²) in [4.78, 5) is 13.2. The molecule has 0 spiro atoms. The van der Waals surface area contributed by atoms with Crippen LogP contribution in [0.5, 0.6) is 5.75 Å². The maximum Gasteiger partial charge on any atom is 0.282 e. The van der Waals surface area contributed by atoms with Crippen molar-refractivity contribution in [3.63, 3.8) is 0 Å². The Morgan fingerprint density at radius 2 is 1.76 bits per heavy atom. The quantitative estimate of drug-likeness (QED) is 0.720. The number of nitrogens with zero attached hydrogens (tertiary/aromatic N) is 1. The Bertz CT molecular complexity index is 958. The summed E-state index contributed by atoms with van der Waals surface area (Å²) in [6.07, 6.45) is 0. The fourth-order valence-electron chi connectivity index (χ4n) is 3.35. The molecule has 1 fully saturated rings. The Morgan fingerprint density at radius 1 is 1.14 bits per heavy atom. The first-order valence-electron chi connectivity index (χ1n) is 9.37. The highest BCUT2D eigenvalue weighted by molar-refractivity contribution is 7.89. The molecule has 0 saturated carbocycles. The normalized spacial score (nSPS) is 16.9. The van der Waals surface area contributed by atoms with Gasteiger partial charge in [0.05, 0.1) is 33.3 Å². The number of benzene rings is 2. The van der Waals surface area contributed by atoms with E-state index in [2.05, 4.69) is 5.32 Å². The van der Waals surface area contributed by atoms with E-state index < -0.39 is 15.8 Å². The number of rotatable bonds is 6. The molecule has 2 N–H and O–H groups in total. The number of anilines is 1. The lowest BCUT2D eigenvalue weighted by Gasteiger charge is -2.34. The van der Waals surface area contributed by atoms with E-state index in [1.165, 1.54) is 22.5 Å². The van der Waals surface area contributed by atoms with Crippen LogP contribution >= 0.6 is 0 Å². The van der Waals surface area contributed by atoms with Crippen LogP contribution in [0.1, 0.15) is 6.92 Å². The van der Waals surface area contributed by atoms with Crippen molar-refractivity contribution in [2.45, 2.75) is 17.9 Å². The SMILES string of the molecule is COc1ccc(NC(=O)[C@H](C)[NH+]2CCN(S(=O)(=O)c3ccccc3F)CC2)cc1. The summed E-state index contributed by atoms with van der Waals surface area (Å²) in [5.74, 6) is -0.195. The third-order valence-corrected chi connectivity index (χ3v) is 7.11. The van der Waals surface area contributed by atoms with Gasteiger partial charge >= 0.3 is 0 Å². The molecule has 2 aromatic rings. The average molecular weight is 423 g/mol. The van der Waals surface area contributed by atoms with Crippen molar-refractivity contribution in [1.82, 2.24) is 4.31 Å². The van der Waals surface area contributed by atoms with Crippen molar-refractivity contribution in [3.05, 3.63) is 54.3 Å². The molecule has 1 heterocycles. The van der Waals surface area contributed by atoms with Gasteiger partial charge in [-0.2, -0.15) is 4.31 Å². The van der Waals surface area contributed by atoms with Crippen molar-refractivity contribution in [3.8, 4) is 5.75 Å². The molecule has 1 aliphatic rings. The molecular weight excluding hydrogens is 397 g/mol. The van der Waals surface area contributed by atoms with E-state index in [-0.39, 0.29) is 29.9 Å². The Hall–Kier alpha value is -2.49. The van der Waals surface area contributed by atoms with Gasteiger partial charge in [0.1, 0.15) is 16.5 Å². The molecule has 0 aromatic heterocycles. The van der Waals surface area contributed by atoms with Gasteiger partial charge in [-0.3, -0.25) is 4.79 Å². The van der Waals surface area contributed by atoms with E-state index in [9.17, 15) is 17.6 Å². The van der Waals surface area contributed by atoms with E-state index in [1.807, 2.05) is 6.92 Å². The summed E-state index contributed by atoms with van der Waals surface area (Å²) < 4.78 is 45.7. The largest absolute Gasteiger partial charge is 0.497 e. The van der Waals surface area contributed by atoms with Gasteiger partial charge in [-0.25, -0.2) is 12.8 Å². The predicted molar refractivity (Wildman–Crippen MR) is 107 cm³/mol. The molecule has 156 valence electrons. The lowest BCUT2D eigenvalue weighted by atomic mass is 10.2. The fraction of sp³-hybridized carbons (Fsp3) is 0.350. The lowest BCUT2D eigenvalue weighted by molar-refractivity contribution is -0.917. The van der Waals surface area contributed by atoms with Crippen molar-refractivity contribution in [2.24, 2.45) is 0 Å². The van der Waals surface area contributed by atoms with E-state index in [1.54, 1.807) is 31.4 Å². The molecule has 29 heavy (non-hydrogen) atoms. The van der Waals surface area contributed by atoms with Gasteiger partial charge in [-0.1, -0.05) is 12.1 Å². The number of hydrogen-bond acceptors (Lipinski definition) is 4. The Balaban J connectivity index is 1.59. The van der Waals surface area contributed by atoms with Crippen LogP contribution in [0.3, 0.4) is 0 Å². The first-order chi connectivity index (χ1) is 13.8. The molecular formula is C20H25FN3O4S+. The molecule has 9 heteroatoms. The van der Waals surface area contributed by atoms with Crippen molar-refractivity contribution in [1.29, 1.82) is 0 Å². The molecule has 3 rings (SSSR count). The van der Waals surface area contributed by atoms with Crippen LogP contribution in [-0.4, -0.2) is 58.0 Å². The van der Waals surface area contributed by atoms with Crippen LogP contribution in [0.4, 0.5) is 10.1 Å². The van der Waals surface area contributed by atoms with Crippen LogP contribution in [-0.2, 0) is 14.8 Å². The van der Waals surface area contributed by atoms with Crippen molar-refractivity contribution in [2.75, 3.05) is 38.6 Å². The number of carbonyl (C=O) groups is 1. The number of quaternary nitrogens is 1. The number of carbonyl (C=O) groups excluding carboxylic acids is 1. The first kappa shape index (κ1) is 21.2. The van der Waals surface area contributed by atoms with E-state index in [0.29, 0.717) is 24.5 Å². The standard InChI is InChI=1S/C20H24FN3O4S/c1-15(20(25)22-16-7-9-17(28-2)10-8-16)23-11-13-24(14-12-23)29(26,27)19-6-4-3-5-18(19)21/h3-10,15H,11-14H2,1-2H3,(H,22,25)/p+1/t15-/m0/s1. The maximum absolute atomic E-state index is 13.9. The van der Waals surface area contributed by atoms with Crippen LogP contribution in [0.15, 0.2) is 53.4 Å². The highest BCUT2D eigenvalue weighted by atomic mass is 32.2. The Kier molecular flexibility index (Phi) is 6.51. The second-order valence-electron chi connectivity index (χ2n) is 6.93. The molecule has 1 atom stereocenters. The first-order valence-corrected chi connectivity index (χ1v) is 10.8. The lowest BCUT2D eigenvalue weighted by Crippen LogP contribution is -3.19. The van der Waals surface area contributed by atoms with Gasteiger partial charge < -0.3 is 15.0 Å². The number of sulfonamides is 1. The smallest absolute Gasteiger partial charge is 0.282 e. The molecule has 0 aliphatic carbocycles. The van der Waals surface area contributed by atoms with Gasteiger partial charge in [0, 0.05) is 5.69 Å². The monoisotopic (exact) mass is 422 g/mol. The minimum atomic E-state index is -3.88. The summed E-state index contributed by atoms with van der Waals surface area (Å²) in [5.41, 5.74) is 0.669. The van der Waals surface area contributed by atoms with Gasteiger partial charge in [-0.15, -0.1) is 0 Å². The molecule has 1 saturated heterocycles. The molecule has 0 bridgehead atoms. The Labute approximate surface area is 170 Å². The van der Waals surface area contributed by atoms with Gasteiger partial charge in [0.25, 0.3) is 5.91 Å². The van der Waals surface area contributed by atoms with Crippen molar-refractivity contribution >= 4 is 21.6 Å². The van der Waals surface area contributed by atoms with E-state index >= 15 is 0 Å². The van der Waals surface area contributed by atoms with Crippen LogP contribution in [0.2, 0.25) is 0 Å². The van der Waals surface area contributed by atoms with Crippen molar-refractivity contribution < 1.29 is 27.2 Å². The number of halogens is 1. The number of piperazine rings is 1. The summed E-state index contributed by atoms with van der Waals surface area (Å²) >= 11 is 0. The van der Waals surface area contributed by atoms with E-state index in [0.717, 1.165) is 11.0 Å². The average Bonchev–Trinajstić information content (AvgIpc) is 2.74. The van der Waals surface area contributed by atoms with Gasteiger partial charge in [0.15, 0.2) is 6.04 Å². The summed E-state index contributed by atoms with van der Waals surface area (Å²) in [7, 11) is -2.31. The molecule has 7 nitrogen and oxygen atoms in total. The van der Waals surface area contributed by atoms with Gasteiger partial charge in [0.2, 0.25) is 10.0 Å². The molecule has 1 amide bonds. The maximum atomic E-state index is 13.9. The number of amides is 1. The second-order valence-corrected chi connectivity index (χ2v) is 8.84. The number of nitrogens with one attached hydrogen (secondary N) is 2. The number of ether oxygens (including phenoxy) is 1. The zero-order valence-corrected chi connectivity index (χ0v) is 17.2. The predicted octanol–water partition coefficient (Wildman–Crippen LogP) is 0.751. The van der Waals surface area contributed by atoms with Crippen LogP contribution < -0.4 is 15.0 Å². The third-order valence-electron chi connectivity index (χ3n) is 5.18. The summed E-state index contributed by atoms with van der Waals surface area (Å²) in [6.45, 7) is 3.20. The third kappa shape index (κ3) is 4.75. The summed E-state index contributed by atoms with van der Waals surface area (Å²) in [5, 5.41) is 2.87. The zero-order valence-electron chi connectivity index (χ0n) is 16.4. The summed E-state index contributed by atoms with van der Waals surface area (Å²) in [6, 6.07) is 12.1. The van der Waals surface area contributed by atoms with Gasteiger partial charge in [-0.05, 0) is 43.3 Å². The highest BCUT2D eigenvalue weighted by Crippen LogP contribution is 2.19.